The zero-order chi connectivity index (χ0) is 17.4. The molecule has 3 aromatic carbocycles. The first-order valence-corrected chi connectivity index (χ1v) is 8.69. The second kappa shape index (κ2) is 6.55. The van der Waals surface area contributed by atoms with Crippen molar-refractivity contribution in [1.29, 1.82) is 0 Å². The monoisotopic (exact) mass is 368 g/mol. The number of benzene rings is 3. The second-order valence-electron chi connectivity index (χ2n) is 6.02. The molecule has 0 radical (unpaired) electrons. The molecule has 0 atom stereocenters. The van der Waals surface area contributed by atoms with Gasteiger partial charge in [-0.2, -0.15) is 0 Å². The van der Waals surface area contributed by atoms with E-state index in [4.69, 9.17) is 27.9 Å². The van der Waals surface area contributed by atoms with E-state index in [2.05, 4.69) is 12.1 Å². The maximum absolute atomic E-state index is 12.5. The van der Waals surface area contributed by atoms with E-state index in [9.17, 15) is 4.79 Å². The number of halogens is 2. The summed E-state index contributed by atoms with van der Waals surface area (Å²) in [6.45, 7) is -0.0584. The molecular weight excluding hydrogens is 355 g/mol. The highest BCUT2D eigenvalue weighted by Gasteiger charge is 2.19. The minimum atomic E-state index is -0.0803. The van der Waals surface area contributed by atoms with Crippen LogP contribution in [0.4, 0.5) is 0 Å². The number of hydrogen-bond donors (Lipinski definition) is 0. The lowest BCUT2D eigenvalue weighted by atomic mass is 10.0. The summed E-state index contributed by atoms with van der Waals surface area (Å²) in [5.74, 6) is 0.403. The summed E-state index contributed by atoms with van der Waals surface area (Å²) in [7, 11) is 0. The largest absolute Gasteiger partial charge is 0.485 e. The second-order valence-corrected chi connectivity index (χ2v) is 6.90. The summed E-state index contributed by atoms with van der Waals surface area (Å²) >= 11 is 11.9. The van der Waals surface area contributed by atoms with Crippen LogP contribution in [-0.2, 0) is 6.42 Å². The van der Waals surface area contributed by atoms with Crippen LogP contribution in [0, 0.1) is 0 Å². The molecule has 0 amide bonds. The first-order valence-electron chi connectivity index (χ1n) is 7.93. The van der Waals surface area contributed by atoms with Crippen LogP contribution in [0.3, 0.4) is 0 Å². The van der Waals surface area contributed by atoms with Crippen LogP contribution in [0.15, 0.2) is 60.7 Å². The molecule has 25 heavy (non-hydrogen) atoms. The van der Waals surface area contributed by atoms with Gasteiger partial charge in [-0.15, -0.1) is 0 Å². The van der Waals surface area contributed by atoms with Crippen molar-refractivity contribution in [2.45, 2.75) is 6.42 Å². The fourth-order valence-corrected chi connectivity index (χ4v) is 3.65. The maximum Gasteiger partial charge on any atom is 0.200 e. The summed E-state index contributed by atoms with van der Waals surface area (Å²) in [6.07, 6.45) is 0.914. The third-order valence-electron chi connectivity index (χ3n) is 4.33. The van der Waals surface area contributed by atoms with Crippen molar-refractivity contribution >= 4 is 29.0 Å². The van der Waals surface area contributed by atoms with Crippen molar-refractivity contribution in [2.24, 2.45) is 0 Å². The number of fused-ring (bicyclic) bond motifs is 3. The van der Waals surface area contributed by atoms with Gasteiger partial charge in [0.25, 0.3) is 0 Å². The first kappa shape index (κ1) is 16.2. The van der Waals surface area contributed by atoms with Crippen molar-refractivity contribution in [1.82, 2.24) is 0 Å². The highest BCUT2D eigenvalue weighted by molar-refractivity contribution is 6.34. The highest BCUT2D eigenvalue weighted by atomic mass is 35.5. The van der Waals surface area contributed by atoms with E-state index in [0.29, 0.717) is 21.4 Å². The standard InChI is InChI=1S/C21H14Cl2O2/c22-16-9-17(23)11-18(10-16)25-12-21(24)15-6-5-14-7-13-3-1-2-4-19(13)20(14)8-15/h1-6,8-11H,7,12H2. The number of ketones is 1. The van der Waals surface area contributed by atoms with E-state index in [-0.39, 0.29) is 12.4 Å². The number of carbonyl (C=O) groups is 1. The number of rotatable bonds is 4. The average molecular weight is 369 g/mol. The minimum Gasteiger partial charge on any atom is -0.485 e. The van der Waals surface area contributed by atoms with E-state index in [0.717, 1.165) is 12.0 Å². The lowest BCUT2D eigenvalue weighted by Gasteiger charge is -2.08. The minimum absolute atomic E-state index is 0.0584. The van der Waals surface area contributed by atoms with E-state index in [1.807, 2.05) is 30.3 Å². The smallest absolute Gasteiger partial charge is 0.200 e. The molecule has 0 saturated heterocycles. The molecule has 1 aliphatic carbocycles. The molecule has 0 bridgehead atoms. The Kier molecular flexibility index (Phi) is 4.24. The fraction of sp³-hybridized carbons (Fsp3) is 0.0952. The van der Waals surface area contributed by atoms with E-state index in [1.54, 1.807) is 18.2 Å². The van der Waals surface area contributed by atoms with Crippen LogP contribution in [0.5, 0.6) is 5.75 Å². The normalized spacial score (nSPS) is 11.8. The first-order chi connectivity index (χ1) is 12.1. The van der Waals surface area contributed by atoms with Gasteiger partial charge in [0.1, 0.15) is 5.75 Å². The molecule has 2 nitrogen and oxygen atoms in total. The van der Waals surface area contributed by atoms with Crippen LogP contribution in [0.25, 0.3) is 11.1 Å². The molecule has 124 valence electrons. The Bertz CT molecular complexity index is 959. The molecule has 0 N–H and O–H groups in total. The number of ether oxygens (including phenoxy) is 1. The van der Waals surface area contributed by atoms with Gasteiger partial charge < -0.3 is 4.74 Å². The van der Waals surface area contributed by atoms with Crippen molar-refractivity contribution in [3.63, 3.8) is 0 Å². The summed E-state index contributed by atoms with van der Waals surface area (Å²) in [6, 6.07) is 19.0. The van der Waals surface area contributed by atoms with E-state index >= 15 is 0 Å². The van der Waals surface area contributed by atoms with Gasteiger partial charge >= 0.3 is 0 Å². The van der Waals surface area contributed by atoms with Gasteiger partial charge in [0.15, 0.2) is 12.4 Å². The van der Waals surface area contributed by atoms with Gasteiger partial charge in [-0.05, 0) is 52.9 Å². The van der Waals surface area contributed by atoms with Crippen molar-refractivity contribution in [2.75, 3.05) is 6.61 Å². The van der Waals surface area contributed by atoms with Gasteiger partial charge in [-0.1, -0.05) is 59.6 Å². The highest BCUT2D eigenvalue weighted by Crippen LogP contribution is 2.36. The molecule has 0 aromatic heterocycles. The van der Waals surface area contributed by atoms with Crippen LogP contribution in [0.1, 0.15) is 21.5 Å². The Morgan fingerprint density at radius 3 is 2.40 bits per heavy atom. The van der Waals surface area contributed by atoms with E-state index in [1.165, 1.54) is 16.7 Å². The molecule has 0 fully saturated rings. The molecular formula is C21H14Cl2O2. The Balaban J connectivity index is 1.54. The molecule has 0 aliphatic heterocycles. The fourth-order valence-electron chi connectivity index (χ4n) is 3.14. The maximum atomic E-state index is 12.5. The van der Waals surface area contributed by atoms with Gasteiger partial charge in [-0.3, -0.25) is 4.79 Å². The van der Waals surface area contributed by atoms with Crippen LogP contribution in [0.2, 0.25) is 10.0 Å². The van der Waals surface area contributed by atoms with Gasteiger partial charge in [0.2, 0.25) is 0 Å². The Labute approximate surface area is 156 Å². The molecule has 3 aromatic rings. The molecule has 4 heteroatoms. The molecule has 0 heterocycles. The molecule has 4 rings (SSSR count). The van der Waals surface area contributed by atoms with Crippen LogP contribution >= 0.6 is 23.2 Å². The van der Waals surface area contributed by atoms with Gasteiger partial charge in [0.05, 0.1) is 0 Å². The van der Waals surface area contributed by atoms with Crippen molar-refractivity contribution in [3.05, 3.63) is 87.4 Å². The zero-order valence-corrected chi connectivity index (χ0v) is 14.8. The predicted octanol–water partition coefficient (Wildman–Crippen LogP) is 5.83. The lowest BCUT2D eigenvalue weighted by Crippen LogP contribution is -2.11. The topological polar surface area (TPSA) is 26.3 Å². The van der Waals surface area contributed by atoms with Crippen LogP contribution in [-0.4, -0.2) is 12.4 Å². The lowest BCUT2D eigenvalue weighted by molar-refractivity contribution is 0.0921. The summed E-state index contributed by atoms with van der Waals surface area (Å²) in [5.41, 5.74) is 5.53. The predicted molar refractivity (Wildman–Crippen MR) is 101 cm³/mol. The van der Waals surface area contributed by atoms with Crippen molar-refractivity contribution < 1.29 is 9.53 Å². The summed E-state index contributed by atoms with van der Waals surface area (Å²) < 4.78 is 5.55. The Hall–Kier alpha value is -2.29. The van der Waals surface area contributed by atoms with Gasteiger partial charge in [-0.25, -0.2) is 0 Å². The third-order valence-corrected chi connectivity index (χ3v) is 4.76. The SMILES string of the molecule is O=C(COc1cc(Cl)cc(Cl)c1)c1ccc2c(c1)-c1ccccc1C2. The van der Waals surface area contributed by atoms with Gasteiger partial charge in [0, 0.05) is 15.6 Å². The quantitative estimate of drug-likeness (QED) is 0.423. The third kappa shape index (κ3) is 3.28. The summed E-state index contributed by atoms with van der Waals surface area (Å²) in [5, 5.41) is 0.952. The van der Waals surface area contributed by atoms with Crippen LogP contribution < -0.4 is 4.74 Å². The summed E-state index contributed by atoms with van der Waals surface area (Å²) in [4.78, 5) is 12.5. The number of Topliss-reactive ketones (excluding diaryl/α,β-unsaturated/α-hetero) is 1. The van der Waals surface area contributed by atoms with E-state index < -0.39 is 0 Å². The molecule has 0 saturated carbocycles. The number of hydrogen-bond acceptors (Lipinski definition) is 2. The Morgan fingerprint density at radius 1 is 0.880 bits per heavy atom. The van der Waals surface area contributed by atoms with Crippen molar-refractivity contribution in [3.8, 4) is 16.9 Å². The number of carbonyl (C=O) groups excluding carboxylic acids is 1. The Morgan fingerprint density at radius 2 is 1.60 bits per heavy atom. The molecule has 0 spiro atoms. The zero-order valence-electron chi connectivity index (χ0n) is 13.3. The molecule has 0 unspecified atom stereocenters. The molecule has 1 aliphatic rings. The average Bonchev–Trinajstić information content (AvgIpc) is 2.96.